The minimum absolute atomic E-state index is 0.235. The molecule has 0 aromatic heterocycles. The molecule has 1 N–H and O–H groups in total. The first-order valence-corrected chi connectivity index (χ1v) is 5.07. The van der Waals surface area contributed by atoms with Gasteiger partial charge in [0.2, 0.25) is 0 Å². The molecule has 2 rings (SSSR count). The number of hydrogen-bond donors (Lipinski definition) is 1. The van der Waals surface area contributed by atoms with Gasteiger partial charge in [0.05, 0.1) is 5.60 Å². The Morgan fingerprint density at radius 1 is 1.57 bits per heavy atom. The highest BCUT2D eigenvalue weighted by atomic mass is 19.1. The maximum Gasteiger partial charge on any atom is 0.129 e. The fraction of sp³-hybridized carbons (Fsp3) is 0.500. The Morgan fingerprint density at radius 2 is 2.29 bits per heavy atom. The molecule has 2 atom stereocenters. The van der Waals surface area contributed by atoms with Gasteiger partial charge in [-0.1, -0.05) is 31.0 Å². The predicted molar refractivity (Wildman–Crippen MR) is 53.4 cm³/mol. The highest BCUT2D eigenvalue weighted by Gasteiger charge is 2.54. The number of benzene rings is 1. The molecule has 14 heavy (non-hydrogen) atoms. The lowest BCUT2D eigenvalue weighted by Crippen LogP contribution is -2.11. The van der Waals surface area contributed by atoms with Gasteiger partial charge in [0, 0.05) is 5.56 Å². The summed E-state index contributed by atoms with van der Waals surface area (Å²) in [4.78, 5) is 0. The van der Waals surface area contributed by atoms with Gasteiger partial charge < -0.3 is 5.11 Å². The minimum atomic E-state index is -0.884. The molecule has 1 aromatic carbocycles. The molecule has 0 amide bonds. The van der Waals surface area contributed by atoms with E-state index in [1.165, 1.54) is 6.07 Å². The molecule has 0 bridgehead atoms. The number of aliphatic hydroxyl groups is 1. The molecule has 0 saturated heterocycles. The number of halogens is 1. The Bertz CT molecular complexity index is 361. The Balaban J connectivity index is 2.38. The molecule has 2 heteroatoms. The molecule has 0 heterocycles. The Morgan fingerprint density at radius 3 is 2.86 bits per heavy atom. The maximum absolute atomic E-state index is 13.5. The van der Waals surface area contributed by atoms with Crippen LogP contribution in [0.2, 0.25) is 0 Å². The van der Waals surface area contributed by atoms with Gasteiger partial charge in [-0.2, -0.15) is 0 Å². The van der Waals surface area contributed by atoms with Gasteiger partial charge >= 0.3 is 0 Å². The minimum Gasteiger partial charge on any atom is -0.385 e. The Kier molecular flexibility index (Phi) is 2.11. The van der Waals surface area contributed by atoms with Crippen molar-refractivity contribution in [3.63, 3.8) is 0 Å². The van der Waals surface area contributed by atoms with E-state index in [4.69, 9.17) is 0 Å². The third kappa shape index (κ3) is 1.34. The van der Waals surface area contributed by atoms with Crippen molar-refractivity contribution in [3.8, 4) is 0 Å². The summed E-state index contributed by atoms with van der Waals surface area (Å²) in [7, 11) is 0. The van der Waals surface area contributed by atoms with Crippen LogP contribution in [-0.4, -0.2) is 5.11 Å². The van der Waals surface area contributed by atoms with Crippen LogP contribution in [0.3, 0.4) is 0 Å². The van der Waals surface area contributed by atoms with Crippen LogP contribution in [0.4, 0.5) is 4.39 Å². The van der Waals surface area contributed by atoms with E-state index in [9.17, 15) is 9.50 Å². The van der Waals surface area contributed by atoms with E-state index < -0.39 is 5.60 Å². The number of rotatable bonds is 2. The normalized spacial score (nSPS) is 30.4. The molecule has 1 aliphatic rings. The summed E-state index contributed by atoms with van der Waals surface area (Å²) in [6, 6.07) is 4.92. The summed E-state index contributed by atoms with van der Waals surface area (Å²) in [5.41, 5.74) is 0.589. The van der Waals surface area contributed by atoms with Crippen LogP contribution in [0.15, 0.2) is 18.2 Å². The summed E-state index contributed by atoms with van der Waals surface area (Å²) in [6.07, 6.45) is 1.60. The molecule has 1 aliphatic carbocycles. The molecule has 76 valence electrons. The zero-order valence-corrected chi connectivity index (χ0v) is 8.55. The third-order valence-electron chi connectivity index (χ3n) is 3.15. The second-order valence-corrected chi connectivity index (χ2v) is 4.22. The van der Waals surface area contributed by atoms with Crippen molar-refractivity contribution in [2.75, 3.05) is 0 Å². The van der Waals surface area contributed by atoms with Crippen LogP contribution in [0, 0.1) is 18.7 Å². The van der Waals surface area contributed by atoms with Crippen LogP contribution in [0.1, 0.15) is 30.9 Å². The Hall–Kier alpha value is -0.890. The lowest BCUT2D eigenvalue weighted by Gasteiger charge is -2.12. The van der Waals surface area contributed by atoms with Crippen molar-refractivity contribution in [3.05, 3.63) is 35.1 Å². The van der Waals surface area contributed by atoms with Crippen molar-refractivity contribution < 1.29 is 9.50 Å². The SMILES string of the molecule is CCC1CC1(O)c1cc(C)ccc1F. The zero-order chi connectivity index (χ0) is 10.3. The molecule has 0 spiro atoms. The predicted octanol–water partition coefficient (Wildman–Crippen LogP) is 2.75. The lowest BCUT2D eigenvalue weighted by atomic mass is 10.0. The highest BCUT2D eigenvalue weighted by Crippen LogP contribution is 2.54. The largest absolute Gasteiger partial charge is 0.385 e. The first-order chi connectivity index (χ1) is 6.58. The molecular weight excluding hydrogens is 179 g/mol. The fourth-order valence-electron chi connectivity index (χ4n) is 2.10. The van der Waals surface area contributed by atoms with E-state index in [0.717, 1.165) is 12.0 Å². The fourth-order valence-corrected chi connectivity index (χ4v) is 2.10. The van der Waals surface area contributed by atoms with Crippen LogP contribution >= 0.6 is 0 Å². The molecule has 0 radical (unpaired) electrons. The van der Waals surface area contributed by atoms with Crippen LogP contribution < -0.4 is 0 Å². The van der Waals surface area contributed by atoms with E-state index in [-0.39, 0.29) is 11.7 Å². The monoisotopic (exact) mass is 194 g/mol. The molecular formula is C12H15FO. The lowest BCUT2D eigenvalue weighted by molar-refractivity contribution is 0.126. The number of hydrogen-bond acceptors (Lipinski definition) is 1. The van der Waals surface area contributed by atoms with E-state index in [0.29, 0.717) is 12.0 Å². The van der Waals surface area contributed by atoms with Crippen molar-refractivity contribution >= 4 is 0 Å². The summed E-state index contributed by atoms with van der Waals surface area (Å²) in [5.74, 6) is -0.0483. The Labute approximate surface area is 83.6 Å². The van der Waals surface area contributed by atoms with Gasteiger partial charge in [-0.3, -0.25) is 0 Å². The molecule has 0 aliphatic heterocycles. The third-order valence-corrected chi connectivity index (χ3v) is 3.15. The molecule has 1 aromatic rings. The van der Waals surface area contributed by atoms with Crippen LogP contribution in [-0.2, 0) is 5.60 Å². The van der Waals surface area contributed by atoms with Crippen molar-refractivity contribution in [1.29, 1.82) is 0 Å². The van der Waals surface area contributed by atoms with Crippen LogP contribution in [0.5, 0.6) is 0 Å². The number of aryl methyl sites for hydroxylation is 1. The van der Waals surface area contributed by atoms with Crippen molar-refractivity contribution in [2.45, 2.75) is 32.3 Å². The summed E-state index contributed by atoms with van der Waals surface area (Å²) in [6.45, 7) is 3.94. The topological polar surface area (TPSA) is 20.2 Å². The molecule has 1 nitrogen and oxygen atoms in total. The molecule has 1 saturated carbocycles. The average Bonchev–Trinajstić information content (AvgIpc) is 2.83. The zero-order valence-electron chi connectivity index (χ0n) is 8.55. The van der Waals surface area contributed by atoms with Gasteiger partial charge in [-0.05, 0) is 25.3 Å². The van der Waals surface area contributed by atoms with E-state index in [1.54, 1.807) is 12.1 Å². The van der Waals surface area contributed by atoms with Gasteiger partial charge in [0.1, 0.15) is 5.82 Å². The second-order valence-electron chi connectivity index (χ2n) is 4.22. The van der Waals surface area contributed by atoms with Gasteiger partial charge in [0.25, 0.3) is 0 Å². The van der Waals surface area contributed by atoms with Gasteiger partial charge in [-0.15, -0.1) is 0 Å². The highest BCUT2D eigenvalue weighted by molar-refractivity contribution is 5.34. The summed E-state index contributed by atoms with van der Waals surface area (Å²) < 4.78 is 13.5. The van der Waals surface area contributed by atoms with E-state index in [1.807, 2.05) is 13.8 Å². The first kappa shape index (κ1) is 9.66. The van der Waals surface area contributed by atoms with Crippen molar-refractivity contribution in [2.24, 2.45) is 5.92 Å². The standard InChI is InChI=1S/C12H15FO/c1-3-9-7-12(9,14)10-6-8(2)4-5-11(10)13/h4-6,9,14H,3,7H2,1-2H3. The molecule has 1 fully saturated rings. The van der Waals surface area contributed by atoms with Crippen molar-refractivity contribution in [1.82, 2.24) is 0 Å². The smallest absolute Gasteiger partial charge is 0.129 e. The van der Waals surface area contributed by atoms with E-state index in [2.05, 4.69) is 0 Å². The summed E-state index contributed by atoms with van der Waals surface area (Å²) in [5, 5.41) is 10.1. The van der Waals surface area contributed by atoms with Gasteiger partial charge in [-0.25, -0.2) is 4.39 Å². The van der Waals surface area contributed by atoms with Gasteiger partial charge in [0.15, 0.2) is 0 Å². The van der Waals surface area contributed by atoms with Crippen LogP contribution in [0.25, 0.3) is 0 Å². The molecule has 2 unspecified atom stereocenters. The average molecular weight is 194 g/mol. The summed E-state index contributed by atoms with van der Waals surface area (Å²) >= 11 is 0. The van der Waals surface area contributed by atoms with E-state index >= 15 is 0 Å². The maximum atomic E-state index is 13.5. The quantitative estimate of drug-likeness (QED) is 0.767. The first-order valence-electron chi connectivity index (χ1n) is 5.07. The second kappa shape index (κ2) is 3.06.